The molecule has 0 aromatic heterocycles. The molecule has 1 aliphatic rings. The second-order valence-electron chi connectivity index (χ2n) is 3.66. The Morgan fingerprint density at radius 3 is 2.67 bits per heavy atom. The lowest BCUT2D eigenvalue weighted by molar-refractivity contribution is -0.138. The molecule has 0 aromatic carbocycles. The highest BCUT2D eigenvalue weighted by Crippen LogP contribution is 2.24. The van der Waals surface area contributed by atoms with Gasteiger partial charge in [-0.3, -0.25) is 4.79 Å². The molecule has 0 unspecified atom stereocenters. The highest BCUT2D eigenvalue weighted by molar-refractivity contribution is 5.67. The lowest BCUT2D eigenvalue weighted by Gasteiger charge is -2.18. The Labute approximate surface area is 72.9 Å². The lowest BCUT2D eigenvalue weighted by atomic mass is 9.92. The van der Waals surface area contributed by atoms with E-state index >= 15 is 0 Å². The minimum absolute atomic E-state index is 0.114. The van der Waals surface area contributed by atoms with Gasteiger partial charge in [-0.15, -0.1) is 0 Å². The number of rotatable bonds is 2. The van der Waals surface area contributed by atoms with Gasteiger partial charge < -0.3 is 10.8 Å². The van der Waals surface area contributed by atoms with E-state index in [-0.39, 0.29) is 18.4 Å². The molecule has 70 valence electrons. The molecule has 1 aliphatic carbocycles. The van der Waals surface area contributed by atoms with E-state index in [1.165, 1.54) is 6.42 Å². The molecule has 1 saturated carbocycles. The summed E-state index contributed by atoms with van der Waals surface area (Å²) in [6.07, 6.45) is 5.76. The van der Waals surface area contributed by atoms with E-state index in [9.17, 15) is 4.79 Å². The zero-order chi connectivity index (χ0) is 8.97. The highest BCUT2D eigenvalue weighted by Gasteiger charge is 2.22. The van der Waals surface area contributed by atoms with Crippen molar-refractivity contribution < 1.29 is 9.90 Å². The molecule has 3 heteroatoms. The van der Waals surface area contributed by atoms with Crippen LogP contribution in [0.1, 0.15) is 38.5 Å². The first-order chi connectivity index (χ1) is 5.70. The van der Waals surface area contributed by atoms with Crippen LogP contribution in [0.3, 0.4) is 0 Å². The van der Waals surface area contributed by atoms with Crippen LogP contribution in [0.4, 0.5) is 0 Å². The van der Waals surface area contributed by atoms with Gasteiger partial charge in [0, 0.05) is 12.5 Å². The van der Waals surface area contributed by atoms with Crippen molar-refractivity contribution in [3.8, 4) is 0 Å². The largest absolute Gasteiger partial charge is 0.481 e. The van der Waals surface area contributed by atoms with Crippen molar-refractivity contribution in [1.82, 2.24) is 0 Å². The molecule has 0 bridgehead atoms. The quantitative estimate of drug-likeness (QED) is 0.617. The Bertz CT molecular complexity index is 159. The van der Waals surface area contributed by atoms with Gasteiger partial charge in [0.2, 0.25) is 0 Å². The SMILES string of the molecule is N[C@H]1CCCCC[C@@H]1CC(=O)O. The summed E-state index contributed by atoms with van der Waals surface area (Å²) in [5, 5.41) is 8.62. The van der Waals surface area contributed by atoms with E-state index in [0.29, 0.717) is 0 Å². The van der Waals surface area contributed by atoms with Crippen LogP contribution in [-0.2, 0) is 4.79 Å². The van der Waals surface area contributed by atoms with Crippen molar-refractivity contribution >= 4 is 5.97 Å². The summed E-state index contributed by atoms with van der Waals surface area (Å²) in [5.74, 6) is -0.498. The van der Waals surface area contributed by atoms with Gasteiger partial charge in [-0.05, 0) is 18.8 Å². The number of hydrogen-bond donors (Lipinski definition) is 2. The summed E-state index contributed by atoms with van der Waals surface area (Å²) in [6, 6.07) is 0.114. The van der Waals surface area contributed by atoms with Crippen molar-refractivity contribution in [3.05, 3.63) is 0 Å². The Kier molecular flexibility index (Phi) is 3.53. The molecule has 2 atom stereocenters. The third-order valence-corrected chi connectivity index (χ3v) is 2.65. The van der Waals surface area contributed by atoms with Gasteiger partial charge in [0.05, 0.1) is 0 Å². The molecular weight excluding hydrogens is 154 g/mol. The lowest BCUT2D eigenvalue weighted by Crippen LogP contribution is -2.30. The summed E-state index contributed by atoms with van der Waals surface area (Å²) < 4.78 is 0. The molecule has 1 fully saturated rings. The maximum atomic E-state index is 10.5. The number of carbonyl (C=O) groups is 1. The fraction of sp³-hybridized carbons (Fsp3) is 0.889. The van der Waals surface area contributed by atoms with Crippen LogP contribution >= 0.6 is 0 Å². The normalized spacial score (nSPS) is 31.1. The van der Waals surface area contributed by atoms with Crippen LogP contribution < -0.4 is 5.73 Å². The van der Waals surface area contributed by atoms with Crippen LogP contribution in [0.25, 0.3) is 0 Å². The number of aliphatic carboxylic acids is 1. The monoisotopic (exact) mass is 171 g/mol. The van der Waals surface area contributed by atoms with Crippen LogP contribution in [0.2, 0.25) is 0 Å². The summed E-state index contributed by atoms with van der Waals surface area (Å²) in [7, 11) is 0. The number of nitrogens with two attached hydrogens (primary N) is 1. The zero-order valence-corrected chi connectivity index (χ0v) is 7.33. The van der Waals surface area contributed by atoms with Gasteiger partial charge in [0.25, 0.3) is 0 Å². The topological polar surface area (TPSA) is 63.3 Å². The van der Waals surface area contributed by atoms with Crippen molar-refractivity contribution in [2.75, 3.05) is 0 Å². The van der Waals surface area contributed by atoms with Crippen LogP contribution in [0, 0.1) is 5.92 Å². The first kappa shape index (κ1) is 9.52. The van der Waals surface area contributed by atoms with Crippen LogP contribution in [0.15, 0.2) is 0 Å². The van der Waals surface area contributed by atoms with E-state index in [2.05, 4.69) is 0 Å². The molecule has 0 spiro atoms. The van der Waals surface area contributed by atoms with Gasteiger partial charge in [-0.25, -0.2) is 0 Å². The predicted molar refractivity (Wildman–Crippen MR) is 46.8 cm³/mol. The van der Waals surface area contributed by atoms with E-state index in [0.717, 1.165) is 25.7 Å². The molecular formula is C9H17NO2. The molecule has 0 aliphatic heterocycles. The van der Waals surface area contributed by atoms with E-state index in [4.69, 9.17) is 10.8 Å². The Morgan fingerprint density at radius 1 is 1.33 bits per heavy atom. The van der Waals surface area contributed by atoms with Gasteiger partial charge in [0.15, 0.2) is 0 Å². The predicted octanol–water partition coefficient (Wildman–Crippen LogP) is 1.37. The van der Waals surface area contributed by atoms with Crippen LogP contribution in [0.5, 0.6) is 0 Å². The van der Waals surface area contributed by atoms with E-state index < -0.39 is 5.97 Å². The number of hydrogen-bond acceptors (Lipinski definition) is 2. The van der Waals surface area contributed by atoms with Crippen molar-refractivity contribution in [3.63, 3.8) is 0 Å². The third-order valence-electron chi connectivity index (χ3n) is 2.65. The van der Waals surface area contributed by atoms with Crippen molar-refractivity contribution in [2.24, 2.45) is 11.7 Å². The summed E-state index contributed by atoms with van der Waals surface area (Å²) in [6.45, 7) is 0. The first-order valence-electron chi connectivity index (χ1n) is 4.67. The Balaban J connectivity index is 2.41. The fourth-order valence-electron chi connectivity index (χ4n) is 1.89. The molecule has 3 N–H and O–H groups in total. The van der Waals surface area contributed by atoms with E-state index in [1.54, 1.807) is 0 Å². The highest BCUT2D eigenvalue weighted by atomic mass is 16.4. The standard InChI is InChI=1S/C9H17NO2/c10-8-5-3-1-2-4-7(8)6-9(11)12/h7-8H,1-6,10H2,(H,11,12)/t7-,8+/m1/s1. The van der Waals surface area contributed by atoms with Gasteiger partial charge >= 0.3 is 5.97 Å². The molecule has 0 amide bonds. The van der Waals surface area contributed by atoms with Gasteiger partial charge in [-0.1, -0.05) is 19.3 Å². The molecule has 0 aromatic rings. The Hall–Kier alpha value is -0.570. The molecule has 3 nitrogen and oxygen atoms in total. The third kappa shape index (κ3) is 2.81. The second kappa shape index (κ2) is 4.45. The second-order valence-corrected chi connectivity index (χ2v) is 3.66. The maximum absolute atomic E-state index is 10.5. The smallest absolute Gasteiger partial charge is 0.303 e. The van der Waals surface area contributed by atoms with Gasteiger partial charge in [-0.2, -0.15) is 0 Å². The number of carboxylic acids is 1. The molecule has 1 rings (SSSR count). The van der Waals surface area contributed by atoms with Crippen molar-refractivity contribution in [2.45, 2.75) is 44.6 Å². The minimum atomic E-state index is -0.711. The van der Waals surface area contributed by atoms with Gasteiger partial charge in [0.1, 0.15) is 0 Å². The molecule has 0 heterocycles. The zero-order valence-electron chi connectivity index (χ0n) is 7.33. The van der Waals surface area contributed by atoms with E-state index in [1.807, 2.05) is 0 Å². The van der Waals surface area contributed by atoms with Crippen molar-refractivity contribution in [1.29, 1.82) is 0 Å². The summed E-state index contributed by atoms with van der Waals surface area (Å²) >= 11 is 0. The first-order valence-corrected chi connectivity index (χ1v) is 4.67. The maximum Gasteiger partial charge on any atom is 0.303 e. The van der Waals surface area contributed by atoms with Crippen LogP contribution in [-0.4, -0.2) is 17.1 Å². The fourth-order valence-corrected chi connectivity index (χ4v) is 1.89. The number of carboxylic acid groups (broad SMARTS) is 1. The summed E-state index contributed by atoms with van der Waals surface area (Å²) in [4.78, 5) is 10.5. The minimum Gasteiger partial charge on any atom is -0.481 e. The average molecular weight is 171 g/mol. The molecule has 0 saturated heterocycles. The summed E-state index contributed by atoms with van der Waals surface area (Å²) in [5.41, 5.74) is 5.86. The average Bonchev–Trinajstić information content (AvgIpc) is 2.16. The Morgan fingerprint density at radius 2 is 2.00 bits per heavy atom. The molecule has 0 radical (unpaired) electrons. The molecule has 12 heavy (non-hydrogen) atoms.